The fourth-order valence-corrected chi connectivity index (χ4v) is 1.62. The van der Waals surface area contributed by atoms with Crippen LogP contribution in [0, 0.1) is 0 Å². The van der Waals surface area contributed by atoms with Crippen LogP contribution in [-0.4, -0.2) is 29.4 Å². The molecule has 1 aromatic heterocycles. The third kappa shape index (κ3) is 3.52. The highest BCUT2D eigenvalue weighted by molar-refractivity contribution is 6.02. The van der Waals surface area contributed by atoms with Gasteiger partial charge in [-0.05, 0) is 18.2 Å². The Labute approximate surface area is 116 Å². The van der Waals surface area contributed by atoms with E-state index in [0.717, 1.165) is 0 Å². The maximum Gasteiger partial charge on any atom is 0.276 e. The van der Waals surface area contributed by atoms with E-state index >= 15 is 0 Å². The number of rotatable bonds is 5. The number of para-hydroxylation sites is 1. The van der Waals surface area contributed by atoms with Gasteiger partial charge in [-0.2, -0.15) is 5.10 Å². The fraction of sp³-hybridized carbons (Fsp3) is 0.214. The van der Waals surface area contributed by atoms with E-state index in [9.17, 15) is 9.59 Å². The molecule has 1 heterocycles. The van der Waals surface area contributed by atoms with Crippen molar-refractivity contribution in [3.63, 3.8) is 0 Å². The molecule has 1 amide bonds. The Kier molecular flexibility index (Phi) is 4.62. The average Bonchev–Trinajstić information content (AvgIpc) is 2.47. The molecule has 1 N–H and O–H groups in total. The van der Waals surface area contributed by atoms with Crippen molar-refractivity contribution in [2.24, 2.45) is 0 Å². The van der Waals surface area contributed by atoms with E-state index in [1.165, 1.54) is 23.9 Å². The minimum atomic E-state index is -0.359. The molecule has 2 rings (SSSR count). The SMILES string of the molecule is COCCn1nc(C(=O)Nc2ccccc2)ccc1=O. The Morgan fingerprint density at radius 2 is 2.00 bits per heavy atom. The van der Waals surface area contributed by atoms with Gasteiger partial charge in [0.2, 0.25) is 0 Å². The van der Waals surface area contributed by atoms with Crippen molar-refractivity contribution in [1.82, 2.24) is 9.78 Å². The lowest BCUT2D eigenvalue weighted by molar-refractivity contribution is 0.101. The van der Waals surface area contributed by atoms with E-state index in [4.69, 9.17) is 4.74 Å². The number of carbonyl (C=O) groups is 1. The Hall–Kier alpha value is -2.47. The summed E-state index contributed by atoms with van der Waals surface area (Å²) in [5.74, 6) is -0.359. The molecule has 6 nitrogen and oxygen atoms in total. The van der Waals surface area contributed by atoms with Gasteiger partial charge in [-0.1, -0.05) is 18.2 Å². The van der Waals surface area contributed by atoms with Crippen LogP contribution >= 0.6 is 0 Å². The first-order chi connectivity index (χ1) is 9.70. The number of aromatic nitrogens is 2. The van der Waals surface area contributed by atoms with Crippen molar-refractivity contribution in [3.05, 3.63) is 58.5 Å². The fourth-order valence-electron chi connectivity index (χ4n) is 1.62. The van der Waals surface area contributed by atoms with E-state index in [0.29, 0.717) is 18.8 Å². The Morgan fingerprint density at radius 3 is 2.70 bits per heavy atom. The molecule has 0 aliphatic carbocycles. The zero-order chi connectivity index (χ0) is 14.4. The zero-order valence-electron chi connectivity index (χ0n) is 11.1. The van der Waals surface area contributed by atoms with E-state index in [1.54, 1.807) is 12.1 Å². The highest BCUT2D eigenvalue weighted by Gasteiger charge is 2.09. The first kappa shape index (κ1) is 14.0. The number of amides is 1. The van der Waals surface area contributed by atoms with Crippen LogP contribution < -0.4 is 10.9 Å². The standard InChI is InChI=1S/C14H15N3O3/c1-20-10-9-17-13(18)8-7-12(16-17)14(19)15-11-5-3-2-4-6-11/h2-8H,9-10H2,1H3,(H,15,19). The van der Waals surface area contributed by atoms with E-state index < -0.39 is 0 Å². The second-order valence-electron chi connectivity index (χ2n) is 4.09. The van der Waals surface area contributed by atoms with Crippen LogP contribution in [0.25, 0.3) is 0 Å². The molecule has 20 heavy (non-hydrogen) atoms. The predicted octanol–water partition coefficient (Wildman–Crippen LogP) is 1.14. The summed E-state index contributed by atoms with van der Waals surface area (Å²) in [5.41, 5.74) is 0.594. The molecule has 1 aromatic carbocycles. The summed E-state index contributed by atoms with van der Waals surface area (Å²) < 4.78 is 6.11. The van der Waals surface area contributed by atoms with Gasteiger partial charge in [-0.3, -0.25) is 9.59 Å². The van der Waals surface area contributed by atoms with Crippen LogP contribution in [-0.2, 0) is 11.3 Å². The largest absolute Gasteiger partial charge is 0.383 e. The molecule has 6 heteroatoms. The summed E-state index contributed by atoms with van der Waals surface area (Å²) in [4.78, 5) is 23.6. The Morgan fingerprint density at radius 1 is 1.25 bits per heavy atom. The van der Waals surface area contributed by atoms with Crippen molar-refractivity contribution >= 4 is 11.6 Å². The van der Waals surface area contributed by atoms with Crippen molar-refractivity contribution in [1.29, 1.82) is 0 Å². The topological polar surface area (TPSA) is 73.2 Å². The number of hydrogen-bond acceptors (Lipinski definition) is 4. The number of nitrogens with zero attached hydrogens (tertiary/aromatic N) is 2. The molecule has 0 atom stereocenters. The maximum absolute atomic E-state index is 12.0. The molecule has 0 unspecified atom stereocenters. The lowest BCUT2D eigenvalue weighted by Crippen LogP contribution is -2.27. The average molecular weight is 273 g/mol. The van der Waals surface area contributed by atoms with Crippen LogP contribution in [0.15, 0.2) is 47.3 Å². The smallest absolute Gasteiger partial charge is 0.276 e. The van der Waals surface area contributed by atoms with Gasteiger partial charge in [0, 0.05) is 18.9 Å². The first-order valence-corrected chi connectivity index (χ1v) is 6.14. The van der Waals surface area contributed by atoms with Crippen molar-refractivity contribution in [3.8, 4) is 0 Å². The van der Waals surface area contributed by atoms with Crippen LogP contribution in [0.1, 0.15) is 10.5 Å². The Bertz CT molecular complexity index is 638. The highest BCUT2D eigenvalue weighted by Crippen LogP contribution is 2.06. The summed E-state index contributed by atoms with van der Waals surface area (Å²) in [6, 6.07) is 11.8. The van der Waals surface area contributed by atoms with E-state index in [-0.39, 0.29) is 17.2 Å². The minimum absolute atomic E-state index is 0.185. The van der Waals surface area contributed by atoms with Gasteiger partial charge in [0.05, 0.1) is 13.2 Å². The summed E-state index contributed by atoms with van der Waals surface area (Å²) in [6.45, 7) is 0.665. The molecule has 0 saturated heterocycles. The summed E-state index contributed by atoms with van der Waals surface area (Å²) in [7, 11) is 1.54. The van der Waals surface area contributed by atoms with Gasteiger partial charge in [0.15, 0.2) is 0 Å². The van der Waals surface area contributed by atoms with Crippen molar-refractivity contribution in [2.45, 2.75) is 6.54 Å². The number of ether oxygens (including phenoxy) is 1. The second-order valence-corrected chi connectivity index (χ2v) is 4.09. The van der Waals surface area contributed by atoms with Crippen LogP contribution in [0.4, 0.5) is 5.69 Å². The van der Waals surface area contributed by atoms with Crippen LogP contribution in [0.3, 0.4) is 0 Å². The highest BCUT2D eigenvalue weighted by atomic mass is 16.5. The van der Waals surface area contributed by atoms with Crippen LogP contribution in [0.5, 0.6) is 0 Å². The number of anilines is 1. The number of nitrogens with one attached hydrogen (secondary N) is 1. The van der Waals surface area contributed by atoms with E-state index in [2.05, 4.69) is 10.4 Å². The lowest BCUT2D eigenvalue weighted by atomic mass is 10.3. The molecular weight excluding hydrogens is 258 g/mol. The van der Waals surface area contributed by atoms with Gasteiger partial charge in [-0.25, -0.2) is 4.68 Å². The third-order valence-electron chi connectivity index (χ3n) is 2.64. The predicted molar refractivity (Wildman–Crippen MR) is 74.8 cm³/mol. The molecule has 104 valence electrons. The van der Waals surface area contributed by atoms with Gasteiger partial charge in [0.25, 0.3) is 11.5 Å². The monoisotopic (exact) mass is 273 g/mol. The number of carbonyl (C=O) groups excluding carboxylic acids is 1. The first-order valence-electron chi connectivity index (χ1n) is 6.14. The molecular formula is C14H15N3O3. The van der Waals surface area contributed by atoms with Crippen LogP contribution in [0.2, 0.25) is 0 Å². The molecule has 2 aromatic rings. The quantitative estimate of drug-likeness (QED) is 0.886. The molecule has 0 aliphatic heterocycles. The normalized spacial score (nSPS) is 10.2. The van der Waals surface area contributed by atoms with Gasteiger partial charge < -0.3 is 10.1 Å². The van der Waals surface area contributed by atoms with Crippen molar-refractivity contribution in [2.75, 3.05) is 19.0 Å². The van der Waals surface area contributed by atoms with Crippen molar-refractivity contribution < 1.29 is 9.53 Å². The van der Waals surface area contributed by atoms with Gasteiger partial charge in [-0.15, -0.1) is 0 Å². The lowest BCUT2D eigenvalue weighted by Gasteiger charge is -2.07. The molecule has 0 saturated carbocycles. The van der Waals surface area contributed by atoms with Gasteiger partial charge >= 0.3 is 0 Å². The molecule has 0 bridgehead atoms. The molecule has 0 aliphatic rings. The zero-order valence-corrected chi connectivity index (χ0v) is 11.1. The maximum atomic E-state index is 12.0. The molecule has 0 spiro atoms. The summed E-state index contributed by atoms with van der Waals surface area (Å²) in [6.07, 6.45) is 0. The third-order valence-corrected chi connectivity index (χ3v) is 2.64. The summed E-state index contributed by atoms with van der Waals surface area (Å²) >= 11 is 0. The summed E-state index contributed by atoms with van der Waals surface area (Å²) in [5, 5.41) is 6.73. The number of benzene rings is 1. The number of methoxy groups -OCH3 is 1. The minimum Gasteiger partial charge on any atom is -0.383 e. The van der Waals surface area contributed by atoms with Gasteiger partial charge in [0.1, 0.15) is 5.69 Å². The molecule has 0 fully saturated rings. The van der Waals surface area contributed by atoms with E-state index in [1.807, 2.05) is 18.2 Å². The molecule has 0 radical (unpaired) electrons. The number of hydrogen-bond donors (Lipinski definition) is 1. The second kappa shape index (κ2) is 6.63. The Balaban J connectivity index is 2.16.